The van der Waals surface area contributed by atoms with E-state index in [1.165, 1.54) is 0 Å². The summed E-state index contributed by atoms with van der Waals surface area (Å²) in [5.74, 6) is 2.61. The summed E-state index contributed by atoms with van der Waals surface area (Å²) in [4.78, 5) is 0. The van der Waals surface area contributed by atoms with Crippen LogP contribution in [-0.4, -0.2) is 0 Å². The van der Waals surface area contributed by atoms with Crippen LogP contribution in [-0.2, 0) is 6.54 Å². The van der Waals surface area contributed by atoms with Crippen molar-refractivity contribution in [2.45, 2.75) is 19.4 Å². The van der Waals surface area contributed by atoms with Gasteiger partial charge in [0.05, 0.1) is 0 Å². The standard InChI is InChI=1S/C10H12N2.ClH/c1-2-3-4-7-12-8-5-10(11)6-9-12;/h1,5-6,8-9,11H,3-4,7H2;1H. The van der Waals surface area contributed by atoms with E-state index in [-0.39, 0.29) is 12.4 Å². The summed E-state index contributed by atoms with van der Waals surface area (Å²) in [5.41, 5.74) is 6.33. The average molecular weight is 197 g/mol. The van der Waals surface area contributed by atoms with Crippen molar-refractivity contribution in [1.82, 2.24) is 0 Å². The van der Waals surface area contributed by atoms with Gasteiger partial charge >= 0.3 is 0 Å². The van der Waals surface area contributed by atoms with Crippen molar-refractivity contribution in [3.05, 3.63) is 24.5 Å². The summed E-state index contributed by atoms with van der Waals surface area (Å²) in [5, 5.41) is 0. The zero-order valence-electron chi connectivity index (χ0n) is 7.41. The molecule has 1 aromatic heterocycles. The van der Waals surface area contributed by atoms with E-state index in [9.17, 15) is 0 Å². The van der Waals surface area contributed by atoms with E-state index in [0.29, 0.717) is 0 Å². The van der Waals surface area contributed by atoms with Gasteiger partial charge in [-0.05, 0) is 0 Å². The zero-order valence-corrected chi connectivity index (χ0v) is 8.17. The minimum absolute atomic E-state index is 0. The quantitative estimate of drug-likeness (QED) is 0.338. The Morgan fingerprint density at radius 2 is 2.00 bits per heavy atom. The third-order valence-electron chi connectivity index (χ3n) is 1.65. The third kappa shape index (κ3) is 4.39. The van der Waals surface area contributed by atoms with Gasteiger partial charge in [0.1, 0.15) is 6.54 Å². The average Bonchev–Trinajstić information content (AvgIpc) is 2.09. The molecule has 2 nitrogen and oxygen atoms in total. The number of aromatic nitrogens is 1. The molecule has 0 radical (unpaired) electrons. The van der Waals surface area contributed by atoms with Crippen LogP contribution in [0.15, 0.2) is 24.5 Å². The minimum Gasteiger partial charge on any atom is -1.00 e. The molecule has 2 N–H and O–H groups in total. The number of pyridine rings is 1. The smallest absolute Gasteiger partial charge is 0.170 e. The van der Waals surface area contributed by atoms with Crippen molar-refractivity contribution in [1.29, 1.82) is 0 Å². The molecule has 0 aromatic carbocycles. The van der Waals surface area contributed by atoms with Gasteiger partial charge in [0.25, 0.3) is 0 Å². The molecule has 1 aromatic rings. The first-order chi connectivity index (χ1) is 5.83. The first-order valence-electron chi connectivity index (χ1n) is 4.01. The highest BCUT2D eigenvalue weighted by Crippen LogP contribution is 1.94. The number of halogens is 1. The van der Waals surface area contributed by atoms with E-state index in [4.69, 9.17) is 12.2 Å². The van der Waals surface area contributed by atoms with Gasteiger partial charge in [-0.3, -0.25) is 0 Å². The van der Waals surface area contributed by atoms with Crippen molar-refractivity contribution in [2.75, 3.05) is 5.73 Å². The molecule has 1 heterocycles. The topological polar surface area (TPSA) is 29.9 Å². The molecule has 13 heavy (non-hydrogen) atoms. The number of nitrogens with two attached hydrogens (primary N) is 1. The molecule has 1 rings (SSSR count). The number of aryl methyl sites for hydroxylation is 1. The monoisotopic (exact) mass is 196 g/mol. The van der Waals surface area contributed by atoms with Gasteiger partial charge in [-0.2, -0.15) is 0 Å². The van der Waals surface area contributed by atoms with Crippen LogP contribution in [0.3, 0.4) is 0 Å². The first-order valence-corrected chi connectivity index (χ1v) is 4.01. The molecule has 0 aliphatic heterocycles. The Kier molecular flexibility index (Phi) is 5.75. The van der Waals surface area contributed by atoms with E-state index in [1.54, 1.807) is 0 Å². The molecule has 0 bridgehead atoms. The van der Waals surface area contributed by atoms with Crippen molar-refractivity contribution < 1.29 is 17.0 Å². The number of hydrogen-bond acceptors (Lipinski definition) is 1. The Morgan fingerprint density at radius 1 is 1.38 bits per heavy atom. The highest BCUT2D eigenvalue weighted by atomic mass is 35.5. The predicted molar refractivity (Wildman–Crippen MR) is 49.1 cm³/mol. The highest BCUT2D eigenvalue weighted by Gasteiger charge is 1.97. The highest BCUT2D eigenvalue weighted by molar-refractivity contribution is 5.32. The minimum atomic E-state index is 0. The van der Waals surface area contributed by atoms with Crippen LogP contribution in [0.1, 0.15) is 12.8 Å². The van der Waals surface area contributed by atoms with Gasteiger partial charge in [0, 0.05) is 30.7 Å². The first kappa shape index (κ1) is 11.8. The fourth-order valence-electron chi connectivity index (χ4n) is 0.982. The molecule has 0 saturated carbocycles. The van der Waals surface area contributed by atoms with E-state index >= 15 is 0 Å². The van der Waals surface area contributed by atoms with Gasteiger partial charge in [-0.25, -0.2) is 4.57 Å². The van der Waals surface area contributed by atoms with Gasteiger partial charge in [-0.15, -0.1) is 12.3 Å². The summed E-state index contributed by atoms with van der Waals surface area (Å²) in [7, 11) is 0. The molecule has 0 aliphatic carbocycles. The van der Waals surface area contributed by atoms with Crippen LogP contribution < -0.4 is 22.7 Å². The molecular formula is C10H13ClN2. The van der Waals surface area contributed by atoms with Crippen LogP contribution >= 0.6 is 0 Å². The number of unbranched alkanes of at least 4 members (excludes halogenated alkanes) is 1. The molecule has 0 fully saturated rings. The molecule has 0 spiro atoms. The molecule has 70 valence electrons. The predicted octanol–water partition coefficient (Wildman–Crippen LogP) is -2.03. The summed E-state index contributed by atoms with van der Waals surface area (Å²) in [6.07, 6.45) is 10.9. The summed E-state index contributed by atoms with van der Waals surface area (Å²) < 4.78 is 2.08. The number of nitrogen functional groups attached to an aromatic ring is 1. The Hall–Kier alpha value is -1.20. The Bertz CT molecular complexity index is 274. The van der Waals surface area contributed by atoms with Crippen LogP contribution in [0.4, 0.5) is 5.69 Å². The van der Waals surface area contributed by atoms with Crippen LogP contribution in [0, 0.1) is 12.3 Å². The van der Waals surface area contributed by atoms with Crippen molar-refractivity contribution in [3.8, 4) is 12.3 Å². The molecule has 3 heteroatoms. The lowest BCUT2D eigenvalue weighted by atomic mass is 10.3. The zero-order chi connectivity index (χ0) is 8.81. The van der Waals surface area contributed by atoms with E-state index in [0.717, 1.165) is 25.1 Å². The molecule has 0 aliphatic rings. The van der Waals surface area contributed by atoms with Crippen molar-refractivity contribution >= 4 is 5.69 Å². The molecular weight excluding hydrogens is 184 g/mol. The van der Waals surface area contributed by atoms with E-state index in [1.807, 2.05) is 24.5 Å². The van der Waals surface area contributed by atoms with E-state index in [2.05, 4.69) is 10.5 Å². The molecule has 0 unspecified atom stereocenters. The molecule has 0 amide bonds. The van der Waals surface area contributed by atoms with Gasteiger partial charge in [0.2, 0.25) is 0 Å². The second kappa shape index (κ2) is 6.33. The lowest BCUT2D eigenvalue weighted by Gasteiger charge is -1.94. The Labute approximate surface area is 85.2 Å². The maximum absolute atomic E-state index is 5.54. The SMILES string of the molecule is C#CCCC[n+]1ccc(N)cc1.[Cl-]. The fraction of sp³-hybridized carbons (Fsp3) is 0.300. The van der Waals surface area contributed by atoms with Crippen molar-refractivity contribution in [3.63, 3.8) is 0 Å². The lowest BCUT2D eigenvalue weighted by Crippen LogP contribution is -3.00. The summed E-state index contributed by atoms with van der Waals surface area (Å²) in [6, 6.07) is 3.77. The normalized spacial score (nSPS) is 8.54. The van der Waals surface area contributed by atoms with Gasteiger partial charge in [0.15, 0.2) is 12.4 Å². The number of hydrogen-bond donors (Lipinski definition) is 1. The largest absolute Gasteiger partial charge is 1.00 e. The number of rotatable bonds is 3. The maximum atomic E-state index is 5.54. The lowest BCUT2D eigenvalue weighted by molar-refractivity contribution is -0.697. The van der Waals surface area contributed by atoms with Gasteiger partial charge in [-0.1, -0.05) is 0 Å². The molecule has 0 atom stereocenters. The molecule has 0 saturated heterocycles. The summed E-state index contributed by atoms with van der Waals surface area (Å²) in [6.45, 7) is 0.963. The number of terminal acetylenes is 1. The third-order valence-corrected chi connectivity index (χ3v) is 1.65. The number of anilines is 1. The van der Waals surface area contributed by atoms with Crippen LogP contribution in [0.2, 0.25) is 0 Å². The van der Waals surface area contributed by atoms with Crippen molar-refractivity contribution in [2.24, 2.45) is 0 Å². The van der Waals surface area contributed by atoms with Gasteiger partial charge < -0.3 is 18.1 Å². The Balaban J connectivity index is 0.00000144. The maximum Gasteiger partial charge on any atom is 0.170 e. The summed E-state index contributed by atoms with van der Waals surface area (Å²) >= 11 is 0. The van der Waals surface area contributed by atoms with Crippen LogP contribution in [0.25, 0.3) is 0 Å². The Morgan fingerprint density at radius 3 is 2.54 bits per heavy atom. The second-order valence-corrected chi connectivity index (χ2v) is 2.68. The second-order valence-electron chi connectivity index (χ2n) is 2.68. The number of nitrogens with zero attached hydrogens (tertiary/aromatic N) is 1. The fourth-order valence-corrected chi connectivity index (χ4v) is 0.982. The van der Waals surface area contributed by atoms with Crippen LogP contribution in [0.5, 0.6) is 0 Å². The van der Waals surface area contributed by atoms with E-state index < -0.39 is 0 Å².